The van der Waals surface area contributed by atoms with Gasteiger partial charge in [-0.2, -0.15) is 0 Å². The number of unbranched alkanes of at least 4 members (excludes halogenated alkanes) is 1. The summed E-state index contributed by atoms with van der Waals surface area (Å²) in [7, 11) is -2.06. The van der Waals surface area contributed by atoms with E-state index in [9.17, 15) is 32.4 Å². The quantitative estimate of drug-likeness (QED) is 0.200. The van der Waals surface area contributed by atoms with Gasteiger partial charge in [-0.3, -0.25) is 19.2 Å². The van der Waals surface area contributed by atoms with Crippen LogP contribution in [0.5, 0.6) is 0 Å². The van der Waals surface area contributed by atoms with E-state index in [4.69, 9.17) is 0 Å². The number of hydrogen-bond acceptors (Lipinski definition) is 7. The molecule has 4 rings (SSSR count). The Morgan fingerprint density at radius 3 is 2.14 bits per heavy atom. The SMILES string of the molecule is CCCCC(NC(=O)C1[C@@H]2[C@H](CN1C(=O)[C@@H](NC(=O)N[C@H](CN(C)S(C)(=O)=O)C(C)(C)C)C1Cc3ccccc3C1)C2(C)C)C(=O)C(=O)NCC. The molecule has 1 saturated heterocycles. The van der Waals surface area contributed by atoms with E-state index >= 15 is 0 Å². The van der Waals surface area contributed by atoms with Crippen molar-refractivity contribution in [1.82, 2.24) is 30.5 Å². The van der Waals surface area contributed by atoms with Gasteiger partial charge >= 0.3 is 6.03 Å². The number of hydrogen-bond donors (Lipinski definition) is 4. The molecule has 0 bridgehead atoms. The fourth-order valence-electron chi connectivity index (χ4n) is 7.81. The molecule has 51 heavy (non-hydrogen) atoms. The first kappa shape index (κ1) is 40.3. The average molecular weight is 731 g/mol. The van der Waals surface area contributed by atoms with Gasteiger partial charge in [0, 0.05) is 32.7 Å². The van der Waals surface area contributed by atoms with Crippen molar-refractivity contribution in [2.24, 2.45) is 28.6 Å². The number of Topliss-reactive ketones (excluding diaryl/α,β-unsaturated/α-hetero) is 1. The first-order valence-corrected chi connectivity index (χ1v) is 20.0. The Hall–Kier alpha value is -3.52. The molecule has 0 aromatic heterocycles. The smallest absolute Gasteiger partial charge is 0.315 e. The molecule has 6 atom stereocenters. The number of nitrogens with one attached hydrogen (secondary N) is 4. The summed E-state index contributed by atoms with van der Waals surface area (Å²) in [6, 6.07) is 3.82. The molecular weight excluding hydrogens is 673 g/mol. The number of carbonyl (C=O) groups excluding carboxylic acids is 5. The van der Waals surface area contributed by atoms with Crippen molar-refractivity contribution in [3.8, 4) is 0 Å². The largest absolute Gasteiger partial charge is 0.350 e. The molecular formula is C37H58N6O7S. The highest BCUT2D eigenvalue weighted by atomic mass is 32.2. The van der Waals surface area contributed by atoms with Crippen molar-refractivity contribution in [1.29, 1.82) is 0 Å². The number of likely N-dealkylation sites (tertiary alicyclic amines) is 1. The zero-order valence-electron chi connectivity index (χ0n) is 31.7. The lowest BCUT2D eigenvalue weighted by Crippen LogP contribution is -2.61. The Morgan fingerprint density at radius 1 is 1.00 bits per heavy atom. The van der Waals surface area contributed by atoms with Crippen molar-refractivity contribution in [3.63, 3.8) is 0 Å². The van der Waals surface area contributed by atoms with Crippen molar-refractivity contribution in [2.75, 3.05) is 32.9 Å². The van der Waals surface area contributed by atoms with Crippen LogP contribution in [0.15, 0.2) is 24.3 Å². The van der Waals surface area contributed by atoms with Crippen molar-refractivity contribution < 1.29 is 32.4 Å². The number of likely N-dealkylation sites (N-methyl/N-ethyl adjacent to an activating group) is 2. The molecule has 1 saturated carbocycles. The Morgan fingerprint density at radius 2 is 1.61 bits per heavy atom. The van der Waals surface area contributed by atoms with E-state index < -0.39 is 63.2 Å². The number of rotatable bonds is 15. The van der Waals surface area contributed by atoms with Crippen LogP contribution >= 0.6 is 0 Å². The second-order valence-electron chi connectivity index (χ2n) is 16.3. The van der Waals surface area contributed by atoms with E-state index in [1.807, 2.05) is 52.0 Å². The minimum Gasteiger partial charge on any atom is -0.350 e. The minimum absolute atomic E-state index is 0.0320. The summed E-state index contributed by atoms with van der Waals surface area (Å²) in [6.07, 6.45) is 3.89. The minimum atomic E-state index is -3.52. The van der Waals surface area contributed by atoms with Crippen LogP contribution < -0.4 is 21.3 Å². The molecule has 2 unspecified atom stereocenters. The van der Waals surface area contributed by atoms with Crippen LogP contribution in [0.3, 0.4) is 0 Å². The van der Waals surface area contributed by atoms with Crippen molar-refractivity contribution >= 4 is 39.6 Å². The van der Waals surface area contributed by atoms with Gasteiger partial charge in [-0.05, 0) is 65.9 Å². The molecule has 14 heteroatoms. The third kappa shape index (κ3) is 9.11. The maximum Gasteiger partial charge on any atom is 0.315 e. The van der Waals surface area contributed by atoms with Crippen LogP contribution in [0.25, 0.3) is 0 Å². The molecule has 0 radical (unpaired) electrons. The molecule has 13 nitrogen and oxygen atoms in total. The van der Waals surface area contributed by atoms with Crippen molar-refractivity contribution in [3.05, 3.63) is 35.4 Å². The fraction of sp³-hybridized carbons (Fsp3) is 0.703. The zero-order valence-corrected chi connectivity index (χ0v) is 32.5. The lowest BCUT2D eigenvalue weighted by Gasteiger charge is -2.37. The molecule has 1 aromatic rings. The van der Waals surface area contributed by atoms with Gasteiger partial charge in [0.05, 0.1) is 12.3 Å². The summed E-state index contributed by atoms with van der Waals surface area (Å²) in [4.78, 5) is 70.0. The molecule has 2 aliphatic carbocycles. The van der Waals surface area contributed by atoms with E-state index in [0.717, 1.165) is 23.8 Å². The Kier molecular flexibility index (Phi) is 12.3. The molecule has 284 valence electrons. The fourth-order valence-corrected chi connectivity index (χ4v) is 8.23. The number of amides is 5. The predicted octanol–water partition coefficient (Wildman–Crippen LogP) is 2.24. The molecule has 0 spiro atoms. The van der Waals surface area contributed by atoms with Gasteiger partial charge in [-0.25, -0.2) is 17.5 Å². The molecule has 5 amide bonds. The lowest BCUT2D eigenvalue weighted by molar-refractivity contribution is -0.144. The standard InChI is InChI=1S/C37H58N6O7S/c1-10-12-17-26(31(44)33(46)38-11-2)39-32(45)30-28-25(37(28,6)7)20-43(30)34(47)29(24-18-22-15-13-14-16-23(22)19-24)41-35(48)40-27(36(3,4)5)21-42(8)51(9,49)50/h13-16,24-30H,10-12,17-21H2,1-9H3,(H,38,46)(H,39,45)(H2,40,41,48)/t25-,26?,27+,28-,29-,30?/m0/s1. The van der Waals surface area contributed by atoms with Crippen LogP contribution in [-0.2, 0) is 42.0 Å². The maximum atomic E-state index is 14.8. The van der Waals surface area contributed by atoms with Crippen LogP contribution in [0.2, 0.25) is 0 Å². The summed E-state index contributed by atoms with van der Waals surface area (Å²) in [5, 5.41) is 11.3. The van der Waals surface area contributed by atoms with Gasteiger partial charge in [0.2, 0.25) is 27.6 Å². The Bertz CT molecular complexity index is 1580. The van der Waals surface area contributed by atoms with Crippen LogP contribution in [0, 0.1) is 28.6 Å². The highest BCUT2D eigenvalue weighted by Gasteiger charge is 2.69. The number of urea groups is 1. The molecule has 1 heterocycles. The normalized spacial score (nSPS) is 22.7. The number of fused-ring (bicyclic) bond motifs is 2. The molecule has 1 aromatic carbocycles. The number of ketones is 1. The Labute approximate surface area is 303 Å². The Balaban J connectivity index is 1.62. The van der Waals surface area contributed by atoms with E-state index in [0.29, 0.717) is 32.2 Å². The first-order valence-electron chi connectivity index (χ1n) is 18.2. The summed E-state index contributed by atoms with van der Waals surface area (Å²) < 4.78 is 25.6. The third-order valence-corrected chi connectivity index (χ3v) is 12.5. The van der Waals surface area contributed by atoms with Crippen LogP contribution in [-0.4, -0.2) is 104 Å². The lowest BCUT2D eigenvalue weighted by atomic mass is 9.86. The molecule has 3 aliphatic rings. The van der Waals surface area contributed by atoms with Gasteiger partial charge in [0.15, 0.2) is 0 Å². The van der Waals surface area contributed by atoms with Crippen LogP contribution in [0.1, 0.15) is 78.9 Å². The molecule has 2 fully saturated rings. The summed E-state index contributed by atoms with van der Waals surface area (Å²) in [5.41, 5.74) is 1.44. The average Bonchev–Trinajstić information content (AvgIpc) is 3.41. The summed E-state index contributed by atoms with van der Waals surface area (Å²) >= 11 is 0. The number of nitrogens with zero attached hydrogens (tertiary/aromatic N) is 2. The van der Waals surface area contributed by atoms with Gasteiger partial charge in [-0.1, -0.05) is 78.6 Å². The van der Waals surface area contributed by atoms with E-state index in [2.05, 4.69) is 35.1 Å². The number of sulfonamides is 1. The number of piperidine rings is 1. The van der Waals surface area contributed by atoms with E-state index in [1.165, 1.54) is 11.4 Å². The van der Waals surface area contributed by atoms with Gasteiger partial charge < -0.3 is 26.2 Å². The van der Waals surface area contributed by atoms with Gasteiger partial charge in [0.1, 0.15) is 12.1 Å². The number of benzene rings is 1. The van der Waals surface area contributed by atoms with Crippen LogP contribution in [0.4, 0.5) is 4.79 Å². The summed E-state index contributed by atoms with van der Waals surface area (Å²) in [5.74, 6) is -2.72. The second-order valence-corrected chi connectivity index (χ2v) is 18.4. The van der Waals surface area contributed by atoms with Gasteiger partial charge in [0.25, 0.3) is 5.91 Å². The highest BCUT2D eigenvalue weighted by Crippen LogP contribution is 2.65. The predicted molar refractivity (Wildman–Crippen MR) is 195 cm³/mol. The molecule has 1 aliphatic heterocycles. The third-order valence-electron chi connectivity index (χ3n) is 11.3. The first-order chi connectivity index (χ1) is 23.7. The van der Waals surface area contributed by atoms with Crippen molar-refractivity contribution in [2.45, 2.75) is 105 Å². The monoisotopic (exact) mass is 730 g/mol. The maximum absolute atomic E-state index is 14.8. The topological polar surface area (TPSA) is 174 Å². The van der Waals surface area contributed by atoms with Gasteiger partial charge in [-0.15, -0.1) is 0 Å². The highest BCUT2D eigenvalue weighted by molar-refractivity contribution is 7.88. The second kappa shape index (κ2) is 15.6. The van der Waals surface area contributed by atoms with E-state index in [-0.39, 0.29) is 42.2 Å². The van der Waals surface area contributed by atoms with E-state index in [1.54, 1.807) is 11.8 Å². The summed E-state index contributed by atoms with van der Waals surface area (Å²) in [6.45, 7) is 14.1. The number of carbonyl (C=O) groups is 5. The molecule has 4 N–H and O–H groups in total. The zero-order chi connectivity index (χ0) is 38.1.